The number of rotatable bonds is 6. The molecule has 0 aliphatic heterocycles. The first-order chi connectivity index (χ1) is 9.19. The van der Waals surface area contributed by atoms with Crippen LogP contribution in [0.25, 0.3) is 11.7 Å². The van der Waals surface area contributed by atoms with Crippen molar-refractivity contribution in [3.63, 3.8) is 0 Å². The average Bonchev–Trinajstić information content (AvgIpc) is 3.06. The Hall–Kier alpha value is -1.76. The van der Waals surface area contributed by atoms with E-state index < -0.39 is 0 Å². The van der Waals surface area contributed by atoms with Crippen LogP contribution in [0.15, 0.2) is 32.5 Å². The van der Waals surface area contributed by atoms with Crippen LogP contribution in [0, 0.1) is 0 Å². The summed E-state index contributed by atoms with van der Waals surface area (Å²) in [4.78, 5) is 11.6. The van der Waals surface area contributed by atoms with Crippen molar-refractivity contribution in [2.24, 2.45) is 0 Å². The lowest BCUT2D eigenvalue weighted by atomic mass is 10.3. The SMILES string of the molecule is CCC(C)NC(=O)CSc1nnc(-c2ccco2)o1. The van der Waals surface area contributed by atoms with Crippen molar-refractivity contribution in [2.45, 2.75) is 31.5 Å². The van der Waals surface area contributed by atoms with Crippen molar-refractivity contribution in [3.05, 3.63) is 18.4 Å². The number of hydrogen-bond acceptors (Lipinski definition) is 6. The van der Waals surface area contributed by atoms with Gasteiger partial charge in [0.25, 0.3) is 11.1 Å². The Balaban J connectivity index is 1.85. The number of hydrogen-bond donors (Lipinski definition) is 1. The molecule has 19 heavy (non-hydrogen) atoms. The lowest BCUT2D eigenvalue weighted by Crippen LogP contribution is -2.33. The molecule has 102 valence electrons. The normalized spacial score (nSPS) is 12.3. The van der Waals surface area contributed by atoms with E-state index in [2.05, 4.69) is 15.5 Å². The van der Waals surface area contributed by atoms with E-state index in [1.54, 1.807) is 12.1 Å². The van der Waals surface area contributed by atoms with Gasteiger partial charge in [-0.3, -0.25) is 4.79 Å². The summed E-state index contributed by atoms with van der Waals surface area (Å²) in [6.45, 7) is 3.98. The molecule has 2 heterocycles. The van der Waals surface area contributed by atoms with Gasteiger partial charge in [0.15, 0.2) is 5.76 Å². The van der Waals surface area contributed by atoms with Gasteiger partial charge >= 0.3 is 0 Å². The van der Waals surface area contributed by atoms with Crippen LogP contribution in [0.5, 0.6) is 0 Å². The lowest BCUT2D eigenvalue weighted by Gasteiger charge is -2.09. The van der Waals surface area contributed by atoms with Crippen molar-refractivity contribution in [2.75, 3.05) is 5.75 Å². The minimum atomic E-state index is -0.0444. The van der Waals surface area contributed by atoms with Gasteiger partial charge in [0.2, 0.25) is 5.91 Å². The monoisotopic (exact) mass is 281 g/mol. The smallest absolute Gasteiger partial charge is 0.284 e. The molecule has 0 spiro atoms. The van der Waals surface area contributed by atoms with E-state index in [0.29, 0.717) is 16.9 Å². The predicted octanol–water partition coefficient (Wildman–Crippen LogP) is 2.34. The van der Waals surface area contributed by atoms with Gasteiger partial charge < -0.3 is 14.2 Å². The first-order valence-electron chi connectivity index (χ1n) is 5.98. The second-order valence-corrected chi connectivity index (χ2v) is 4.94. The van der Waals surface area contributed by atoms with Crippen LogP contribution in [-0.4, -0.2) is 27.9 Å². The third kappa shape index (κ3) is 3.85. The van der Waals surface area contributed by atoms with Crippen LogP contribution < -0.4 is 5.32 Å². The maximum Gasteiger partial charge on any atom is 0.284 e. The third-order valence-electron chi connectivity index (χ3n) is 2.48. The van der Waals surface area contributed by atoms with Crippen molar-refractivity contribution < 1.29 is 13.6 Å². The van der Waals surface area contributed by atoms with Gasteiger partial charge in [-0.15, -0.1) is 10.2 Å². The van der Waals surface area contributed by atoms with Gasteiger partial charge in [0.05, 0.1) is 12.0 Å². The van der Waals surface area contributed by atoms with Crippen LogP contribution in [0.2, 0.25) is 0 Å². The van der Waals surface area contributed by atoms with E-state index in [0.717, 1.165) is 6.42 Å². The van der Waals surface area contributed by atoms with Gasteiger partial charge in [-0.25, -0.2) is 0 Å². The number of aromatic nitrogens is 2. The third-order valence-corrected chi connectivity index (χ3v) is 3.30. The number of thioether (sulfide) groups is 1. The van der Waals surface area contributed by atoms with E-state index in [4.69, 9.17) is 8.83 Å². The highest BCUT2D eigenvalue weighted by atomic mass is 32.2. The fraction of sp³-hybridized carbons (Fsp3) is 0.417. The van der Waals surface area contributed by atoms with Gasteiger partial charge in [0, 0.05) is 6.04 Å². The number of furan rings is 1. The Morgan fingerprint density at radius 1 is 1.53 bits per heavy atom. The zero-order valence-corrected chi connectivity index (χ0v) is 11.6. The molecular formula is C12H15N3O3S. The summed E-state index contributed by atoms with van der Waals surface area (Å²) < 4.78 is 10.5. The molecule has 0 fully saturated rings. The standard InChI is InChI=1S/C12H15N3O3S/c1-3-8(2)13-10(16)7-19-12-15-14-11(18-12)9-5-4-6-17-9/h4-6,8H,3,7H2,1-2H3,(H,13,16). The van der Waals surface area contributed by atoms with Gasteiger partial charge in [-0.05, 0) is 25.5 Å². The highest BCUT2D eigenvalue weighted by molar-refractivity contribution is 7.99. The lowest BCUT2D eigenvalue weighted by molar-refractivity contribution is -0.119. The molecule has 0 aromatic carbocycles. The molecule has 0 aliphatic rings. The molecule has 1 unspecified atom stereocenters. The summed E-state index contributed by atoms with van der Waals surface area (Å²) in [5.41, 5.74) is 0. The summed E-state index contributed by atoms with van der Waals surface area (Å²) in [5.74, 6) is 1.04. The van der Waals surface area contributed by atoms with E-state index in [1.165, 1.54) is 18.0 Å². The number of carbonyl (C=O) groups is 1. The van der Waals surface area contributed by atoms with E-state index >= 15 is 0 Å². The second kappa shape index (κ2) is 6.42. The Labute approximate surface area is 115 Å². The molecule has 0 saturated heterocycles. The molecule has 1 amide bonds. The van der Waals surface area contributed by atoms with Gasteiger partial charge in [-0.2, -0.15) is 0 Å². The summed E-state index contributed by atoms with van der Waals surface area (Å²) >= 11 is 1.21. The summed E-state index contributed by atoms with van der Waals surface area (Å²) in [6.07, 6.45) is 2.44. The molecule has 6 nitrogen and oxygen atoms in total. The average molecular weight is 281 g/mol. The highest BCUT2D eigenvalue weighted by Crippen LogP contribution is 2.23. The van der Waals surface area contributed by atoms with Crippen molar-refractivity contribution in [3.8, 4) is 11.7 Å². The number of carbonyl (C=O) groups excluding carboxylic acids is 1. The molecule has 0 saturated carbocycles. The Morgan fingerprint density at radius 2 is 2.37 bits per heavy atom. The molecule has 0 bridgehead atoms. The summed E-state index contributed by atoms with van der Waals surface area (Å²) in [7, 11) is 0. The van der Waals surface area contributed by atoms with Gasteiger partial charge in [0.1, 0.15) is 0 Å². The topological polar surface area (TPSA) is 81.2 Å². The quantitative estimate of drug-likeness (QED) is 0.818. The minimum absolute atomic E-state index is 0.0444. The Morgan fingerprint density at radius 3 is 3.05 bits per heavy atom. The number of amides is 1. The number of nitrogens with one attached hydrogen (secondary N) is 1. The first kappa shape index (κ1) is 13.7. The number of nitrogens with zero attached hydrogens (tertiary/aromatic N) is 2. The van der Waals surface area contributed by atoms with Crippen molar-refractivity contribution in [1.29, 1.82) is 0 Å². The maximum absolute atomic E-state index is 11.6. The molecular weight excluding hydrogens is 266 g/mol. The maximum atomic E-state index is 11.6. The molecule has 0 aliphatic carbocycles. The summed E-state index contributed by atoms with van der Waals surface area (Å²) in [5, 5.41) is 10.9. The minimum Gasteiger partial charge on any atom is -0.459 e. The van der Waals surface area contributed by atoms with E-state index in [1.807, 2.05) is 13.8 Å². The fourth-order valence-corrected chi connectivity index (χ4v) is 1.89. The molecule has 2 rings (SSSR count). The highest BCUT2D eigenvalue weighted by Gasteiger charge is 2.13. The van der Waals surface area contributed by atoms with E-state index in [-0.39, 0.29) is 17.7 Å². The van der Waals surface area contributed by atoms with Crippen molar-refractivity contribution in [1.82, 2.24) is 15.5 Å². The van der Waals surface area contributed by atoms with Crippen LogP contribution in [-0.2, 0) is 4.79 Å². The van der Waals surface area contributed by atoms with E-state index in [9.17, 15) is 4.79 Å². The second-order valence-electron chi connectivity index (χ2n) is 4.02. The molecule has 2 aromatic rings. The fourth-order valence-electron chi connectivity index (χ4n) is 1.31. The van der Waals surface area contributed by atoms with Gasteiger partial charge in [-0.1, -0.05) is 18.7 Å². The van der Waals surface area contributed by atoms with Crippen molar-refractivity contribution >= 4 is 17.7 Å². The molecule has 7 heteroatoms. The molecule has 0 radical (unpaired) electrons. The van der Waals surface area contributed by atoms with Crippen LogP contribution >= 0.6 is 11.8 Å². The first-order valence-corrected chi connectivity index (χ1v) is 6.97. The molecule has 1 N–H and O–H groups in total. The Bertz CT molecular complexity index is 524. The predicted molar refractivity (Wildman–Crippen MR) is 70.6 cm³/mol. The largest absolute Gasteiger partial charge is 0.459 e. The molecule has 1 atom stereocenters. The van der Waals surface area contributed by atoms with Crippen LogP contribution in [0.3, 0.4) is 0 Å². The van der Waals surface area contributed by atoms with Crippen LogP contribution in [0.4, 0.5) is 0 Å². The zero-order valence-electron chi connectivity index (χ0n) is 10.8. The van der Waals surface area contributed by atoms with Crippen LogP contribution in [0.1, 0.15) is 20.3 Å². The zero-order chi connectivity index (χ0) is 13.7. The molecule has 2 aromatic heterocycles. The Kier molecular flexibility index (Phi) is 4.62. The summed E-state index contributed by atoms with van der Waals surface area (Å²) in [6, 6.07) is 3.65.